The number of hydrogen-bond acceptors (Lipinski definition) is 4. The predicted molar refractivity (Wildman–Crippen MR) is 119 cm³/mol. The van der Waals surface area contributed by atoms with Crippen molar-refractivity contribution < 1.29 is 18.3 Å². The third-order valence-electron chi connectivity index (χ3n) is 5.02. The maximum atomic E-state index is 12.7. The molecule has 1 atom stereocenters. The van der Waals surface area contributed by atoms with E-state index in [1.54, 1.807) is 19.2 Å². The molecule has 168 valence electrons. The smallest absolute Gasteiger partial charge is 0.387 e. The number of nitrogens with zero attached hydrogens (tertiary/aromatic N) is 2. The van der Waals surface area contributed by atoms with Gasteiger partial charge in [0.15, 0.2) is 5.96 Å². The number of benzene rings is 2. The van der Waals surface area contributed by atoms with E-state index in [-0.39, 0.29) is 11.8 Å². The number of halogens is 2. The summed E-state index contributed by atoms with van der Waals surface area (Å²) in [5.41, 5.74) is 2.91. The Morgan fingerprint density at radius 2 is 2.00 bits per heavy atom. The van der Waals surface area contributed by atoms with Crippen LogP contribution < -0.4 is 20.3 Å². The molecule has 0 radical (unpaired) electrons. The number of ether oxygens (including phenoxy) is 2. The molecule has 1 fully saturated rings. The number of para-hydroxylation sites is 2. The van der Waals surface area contributed by atoms with Gasteiger partial charge in [0.2, 0.25) is 0 Å². The van der Waals surface area contributed by atoms with Gasteiger partial charge in [0.25, 0.3) is 0 Å². The van der Waals surface area contributed by atoms with E-state index in [1.165, 1.54) is 0 Å². The minimum atomic E-state index is -2.84. The molecule has 1 unspecified atom stereocenters. The molecule has 0 aliphatic carbocycles. The second-order valence-electron chi connectivity index (χ2n) is 7.37. The zero-order chi connectivity index (χ0) is 22.1. The van der Waals surface area contributed by atoms with Crippen molar-refractivity contribution in [3.05, 3.63) is 59.7 Å². The maximum Gasteiger partial charge on any atom is 0.387 e. The molecule has 1 aliphatic heterocycles. The van der Waals surface area contributed by atoms with E-state index < -0.39 is 6.61 Å². The van der Waals surface area contributed by atoms with Crippen LogP contribution in [0.5, 0.6) is 5.75 Å². The summed E-state index contributed by atoms with van der Waals surface area (Å²) in [6.45, 7) is 2.48. The summed E-state index contributed by atoms with van der Waals surface area (Å²) in [5.74, 6) is 0.943. The van der Waals surface area contributed by atoms with E-state index in [4.69, 9.17) is 9.73 Å². The number of alkyl halides is 2. The number of methoxy groups -OCH3 is 1. The fraction of sp³-hybridized carbons (Fsp3) is 0.435. The summed E-state index contributed by atoms with van der Waals surface area (Å²) >= 11 is 0. The highest BCUT2D eigenvalue weighted by Crippen LogP contribution is 2.31. The first-order chi connectivity index (χ1) is 15.1. The van der Waals surface area contributed by atoms with Crippen molar-refractivity contribution in [1.82, 2.24) is 10.6 Å². The number of hydrogen-bond donors (Lipinski definition) is 2. The summed E-state index contributed by atoms with van der Waals surface area (Å²) in [6.07, 6.45) is 0.872. The van der Waals surface area contributed by atoms with E-state index in [0.29, 0.717) is 25.4 Å². The van der Waals surface area contributed by atoms with Crippen LogP contribution in [0.2, 0.25) is 0 Å². The van der Waals surface area contributed by atoms with Crippen molar-refractivity contribution in [2.24, 2.45) is 4.99 Å². The summed E-state index contributed by atoms with van der Waals surface area (Å²) in [7, 11) is 1.68. The molecule has 31 heavy (non-hydrogen) atoms. The Balaban J connectivity index is 1.62. The summed E-state index contributed by atoms with van der Waals surface area (Å²) in [4.78, 5) is 6.78. The van der Waals surface area contributed by atoms with Crippen molar-refractivity contribution in [2.75, 3.05) is 31.6 Å². The molecule has 3 rings (SSSR count). The molecular weight excluding hydrogens is 402 g/mol. The lowest BCUT2D eigenvalue weighted by Gasteiger charge is -2.22. The van der Waals surface area contributed by atoms with Crippen molar-refractivity contribution in [3.63, 3.8) is 0 Å². The fourth-order valence-electron chi connectivity index (χ4n) is 3.68. The molecule has 0 bridgehead atoms. The fourth-order valence-corrected chi connectivity index (χ4v) is 3.68. The predicted octanol–water partition coefficient (Wildman–Crippen LogP) is 3.77. The quantitative estimate of drug-likeness (QED) is 0.467. The molecule has 2 N–H and O–H groups in total. The van der Waals surface area contributed by atoms with Crippen LogP contribution in [0.1, 0.15) is 24.5 Å². The molecule has 1 saturated heterocycles. The Labute approximate surface area is 182 Å². The molecule has 2 aromatic rings. The summed E-state index contributed by atoms with van der Waals surface area (Å²) < 4.78 is 35.3. The van der Waals surface area contributed by atoms with Gasteiger partial charge in [-0.25, -0.2) is 4.99 Å². The van der Waals surface area contributed by atoms with Gasteiger partial charge < -0.3 is 25.0 Å². The van der Waals surface area contributed by atoms with Gasteiger partial charge in [0.05, 0.1) is 18.8 Å². The van der Waals surface area contributed by atoms with E-state index in [1.807, 2.05) is 37.3 Å². The topological polar surface area (TPSA) is 58.1 Å². The first kappa shape index (κ1) is 22.8. The van der Waals surface area contributed by atoms with Crippen molar-refractivity contribution in [3.8, 4) is 5.75 Å². The van der Waals surface area contributed by atoms with Crippen LogP contribution >= 0.6 is 0 Å². The number of aliphatic imine (C=N–C) groups is 1. The third-order valence-corrected chi connectivity index (χ3v) is 5.02. The Bertz CT molecular complexity index is 863. The average molecular weight is 433 g/mol. The molecule has 0 saturated carbocycles. The third kappa shape index (κ3) is 6.82. The average Bonchev–Trinajstić information content (AvgIpc) is 3.21. The minimum absolute atomic E-state index is 0.150. The maximum absolute atomic E-state index is 12.7. The molecule has 8 heteroatoms. The van der Waals surface area contributed by atoms with Crippen LogP contribution in [0.3, 0.4) is 0 Å². The molecular formula is C23H30F2N4O2. The SMILES string of the molecule is CCNC(=NCc1cccc(COC)c1)NC1CCN(c2ccccc2OC(F)F)C1. The highest BCUT2D eigenvalue weighted by atomic mass is 19.3. The minimum Gasteiger partial charge on any atom is -0.433 e. The van der Waals surface area contributed by atoms with Crippen LogP contribution in [0.25, 0.3) is 0 Å². The van der Waals surface area contributed by atoms with Gasteiger partial charge in [-0.1, -0.05) is 36.4 Å². The molecule has 0 amide bonds. The molecule has 0 aromatic heterocycles. The zero-order valence-electron chi connectivity index (χ0n) is 18.0. The van der Waals surface area contributed by atoms with E-state index in [9.17, 15) is 8.78 Å². The van der Waals surface area contributed by atoms with Crippen LogP contribution in [0, 0.1) is 0 Å². The Kier molecular flexibility index (Phi) is 8.46. The first-order valence-electron chi connectivity index (χ1n) is 10.5. The number of nitrogens with one attached hydrogen (secondary N) is 2. The normalized spacial score (nSPS) is 16.6. The lowest BCUT2D eigenvalue weighted by molar-refractivity contribution is -0.0495. The standard InChI is InChI=1S/C23H30F2N4O2/c1-3-26-23(27-14-17-7-6-8-18(13-17)16-30-2)28-19-11-12-29(15-19)20-9-4-5-10-21(20)31-22(24)25/h4-10,13,19,22H,3,11-12,14-16H2,1-2H3,(H2,26,27,28). The van der Waals surface area contributed by atoms with Gasteiger partial charge in [-0.2, -0.15) is 8.78 Å². The van der Waals surface area contributed by atoms with Crippen molar-refractivity contribution in [1.29, 1.82) is 0 Å². The number of anilines is 1. The van der Waals surface area contributed by atoms with Crippen molar-refractivity contribution in [2.45, 2.75) is 39.1 Å². The second kappa shape index (κ2) is 11.5. The van der Waals surface area contributed by atoms with E-state index in [0.717, 1.165) is 36.6 Å². The highest BCUT2D eigenvalue weighted by molar-refractivity contribution is 5.80. The molecule has 1 aliphatic rings. The van der Waals surface area contributed by atoms with Gasteiger partial charge >= 0.3 is 6.61 Å². The van der Waals surface area contributed by atoms with Gasteiger partial charge in [0, 0.05) is 32.8 Å². The van der Waals surface area contributed by atoms with Gasteiger partial charge in [-0.05, 0) is 36.6 Å². The van der Waals surface area contributed by atoms with Gasteiger partial charge in [-0.3, -0.25) is 0 Å². The van der Waals surface area contributed by atoms with E-state index in [2.05, 4.69) is 26.3 Å². The monoisotopic (exact) mass is 432 g/mol. The lowest BCUT2D eigenvalue weighted by Crippen LogP contribution is -2.44. The first-order valence-corrected chi connectivity index (χ1v) is 10.5. The number of rotatable bonds is 9. The zero-order valence-corrected chi connectivity index (χ0v) is 18.0. The summed E-state index contributed by atoms with van der Waals surface area (Å²) in [6, 6.07) is 15.2. The second-order valence-corrected chi connectivity index (χ2v) is 7.37. The van der Waals surface area contributed by atoms with Crippen LogP contribution in [-0.4, -0.2) is 45.4 Å². The Morgan fingerprint density at radius 3 is 2.77 bits per heavy atom. The van der Waals surface area contributed by atoms with Crippen LogP contribution in [0.15, 0.2) is 53.5 Å². The molecule has 0 spiro atoms. The molecule has 2 aromatic carbocycles. The van der Waals surface area contributed by atoms with Crippen LogP contribution in [0.4, 0.5) is 14.5 Å². The van der Waals surface area contributed by atoms with E-state index >= 15 is 0 Å². The van der Waals surface area contributed by atoms with Gasteiger partial charge in [-0.15, -0.1) is 0 Å². The highest BCUT2D eigenvalue weighted by Gasteiger charge is 2.26. The van der Waals surface area contributed by atoms with Gasteiger partial charge in [0.1, 0.15) is 5.75 Å². The van der Waals surface area contributed by atoms with Crippen LogP contribution in [-0.2, 0) is 17.9 Å². The lowest BCUT2D eigenvalue weighted by atomic mass is 10.1. The van der Waals surface area contributed by atoms with Crippen molar-refractivity contribution >= 4 is 11.6 Å². The molecule has 6 nitrogen and oxygen atoms in total. The Morgan fingerprint density at radius 1 is 1.19 bits per heavy atom. The Hall–Kier alpha value is -2.87. The summed E-state index contributed by atoms with van der Waals surface area (Å²) in [5, 5.41) is 6.75. The number of guanidine groups is 1. The molecule has 1 heterocycles. The largest absolute Gasteiger partial charge is 0.433 e.